The van der Waals surface area contributed by atoms with Gasteiger partial charge in [0.2, 0.25) is 5.91 Å². The summed E-state index contributed by atoms with van der Waals surface area (Å²) in [6.07, 6.45) is 3.70. The molecule has 1 aliphatic rings. The first-order chi connectivity index (χ1) is 14.5. The standard InChI is InChI=1S/C22H18BrN3O3S/c1-2-25-12-14(15-7-3-6-10-18(15)25)11-19-21(28)26(22(29)30-19)13-20(27)24-17-9-5-4-8-16(17)23/h3-12H,2,13H2,1H3,(H,24,27)/b19-11-. The Morgan fingerprint density at radius 1 is 1.13 bits per heavy atom. The van der Waals surface area contributed by atoms with Gasteiger partial charge in [-0.1, -0.05) is 30.3 Å². The molecule has 1 fully saturated rings. The van der Waals surface area contributed by atoms with Crippen LogP contribution in [-0.2, 0) is 16.1 Å². The average Bonchev–Trinajstić information content (AvgIpc) is 3.22. The molecule has 1 saturated heterocycles. The van der Waals surface area contributed by atoms with Crippen molar-refractivity contribution in [1.82, 2.24) is 9.47 Å². The fraction of sp³-hybridized carbons (Fsp3) is 0.136. The Balaban J connectivity index is 1.54. The lowest BCUT2D eigenvalue weighted by atomic mass is 10.1. The molecule has 0 spiro atoms. The molecule has 2 heterocycles. The smallest absolute Gasteiger partial charge is 0.294 e. The van der Waals surface area contributed by atoms with Crippen molar-refractivity contribution in [2.45, 2.75) is 13.5 Å². The molecule has 3 amide bonds. The quantitative estimate of drug-likeness (QED) is 0.512. The molecule has 8 heteroatoms. The Bertz CT molecular complexity index is 1200. The number of amides is 3. The summed E-state index contributed by atoms with van der Waals surface area (Å²) in [6.45, 7) is 2.51. The summed E-state index contributed by atoms with van der Waals surface area (Å²) < 4.78 is 2.82. The molecule has 3 aromatic rings. The van der Waals surface area contributed by atoms with E-state index in [1.807, 2.05) is 43.5 Å². The minimum Gasteiger partial charge on any atom is -0.347 e. The minimum atomic E-state index is -0.458. The normalized spacial score (nSPS) is 15.4. The summed E-state index contributed by atoms with van der Waals surface area (Å²) in [4.78, 5) is 38.9. The first-order valence-corrected chi connectivity index (χ1v) is 11.0. The Morgan fingerprint density at radius 2 is 1.87 bits per heavy atom. The number of para-hydroxylation sites is 2. The van der Waals surface area contributed by atoms with Crippen molar-refractivity contribution < 1.29 is 14.4 Å². The Labute approximate surface area is 186 Å². The van der Waals surface area contributed by atoms with Crippen LogP contribution < -0.4 is 5.32 Å². The molecule has 6 nitrogen and oxygen atoms in total. The van der Waals surface area contributed by atoms with E-state index in [4.69, 9.17) is 0 Å². The number of nitrogens with one attached hydrogen (secondary N) is 1. The van der Waals surface area contributed by atoms with Crippen LogP contribution in [0, 0.1) is 0 Å². The third kappa shape index (κ3) is 3.93. The van der Waals surface area contributed by atoms with Gasteiger partial charge in [0.1, 0.15) is 6.54 Å². The van der Waals surface area contributed by atoms with Crippen molar-refractivity contribution in [2.24, 2.45) is 0 Å². The highest BCUT2D eigenvalue weighted by Crippen LogP contribution is 2.34. The van der Waals surface area contributed by atoms with E-state index < -0.39 is 17.1 Å². The van der Waals surface area contributed by atoms with Crippen LogP contribution >= 0.6 is 27.7 Å². The van der Waals surface area contributed by atoms with Crippen molar-refractivity contribution in [3.8, 4) is 0 Å². The summed E-state index contributed by atoms with van der Waals surface area (Å²) in [5.41, 5.74) is 2.52. The number of anilines is 1. The van der Waals surface area contributed by atoms with Gasteiger partial charge in [0, 0.05) is 33.7 Å². The van der Waals surface area contributed by atoms with Gasteiger partial charge in [0.15, 0.2) is 0 Å². The molecule has 0 atom stereocenters. The number of hydrogen-bond donors (Lipinski definition) is 1. The molecule has 0 unspecified atom stereocenters. The molecular formula is C22H18BrN3O3S. The van der Waals surface area contributed by atoms with E-state index in [1.165, 1.54) is 0 Å². The number of nitrogens with zero attached hydrogens (tertiary/aromatic N) is 2. The molecule has 4 rings (SSSR count). The maximum Gasteiger partial charge on any atom is 0.294 e. The number of aryl methyl sites for hydroxylation is 1. The molecule has 30 heavy (non-hydrogen) atoms. The molecule has 0 radical (unpaired) electrons. The van der Waals surface area contributed by atoms with Crippen molar-refractivity contribution in [3.05, 3.63) is 69.7 Å². The zero-order chi connectivity index (χ0) is 21.3. The molecule has 0 saturated carbocycles. The lowest BCUT2D eigenvalue weighted by Crippen LogP contribution is -2.36. The number of imide groups is 1. The van der Waals surface area contributed by atoms with E-state index in [1.54, 1.807) is 24.3 Å². The number of fused-ring (bicyclic) bond motifs is 1. The van der Waals surface area contributed by atoms with E-state index in [0.717, 1.165) is 44.1 Å². The van der Waals surface area contributed by atoms with Gasteiger partial charge in [-0.3, -0.25) is 19.3 Å². The zero-order valence-electron chi connectivity index (χ0n) is 16.1. The highest BCUT2D eigenvalue weighted by Gasteiger charge is 2.36. The third-order valence-corrected chi connectivity index (χ3v) is 6.37. The number of halogens is 1. The Morgan fingerprint density at radius 3 is 2.63 bits per heavy atom. The van der Waals surface area contributed by atoms with Crippen molar-refractivity contribution in [1.29, 1.82) is 0 Å². The van der Waals surface area contributed by atoms with Crippen LogP contribution in [0.5, 0.6) is 0 Å². The summed E-state index contributed by atoms with van der Waals surface area (Å²) in [6, 6.07) is 15.1. The first-order valence-electron chi connectivity index (χ1n) is 9.35. The topological polar surface area (TPSA) is 71.4 Å². The lowest BCUT2D eigenvalue weighted by molar-refractivity contribution is -0.127. The van der Waals surface area contributed by atoms with Crippen molar-refractivity contribution in [2.75, 3.05) is 11.9 Å². The number of thioether (sulfide) groups is 1. The summed E-state index contributed by atoms with van der Waals surface area (Å²) >= 11 is 4.21. The second kappa shape index (κ2) is 8.49. The lowest BCUT2D eigenvalue weighted by Gasteiger charge is -2.13. The molecular weight excluding hydrogens is 466 g/mol. The molecule has 1 aliphatic heterocycles. The maximum atomic E-state index is 12.8. The molecule has 1 N–H and O–H groups in total. The van der Waals surface area contributed by atoms with Crippen LogP contribution in [0.25, 0.3) is 17.0 Å². The first kappa shape index (κ1) is 20.4. The number of aromatic nitrogens is 1. The number of carbonyl (C=O) groups excluding carboxylic acids is 3. The van der Waals surface area contributed by atoms with Gasteiger partial charge >= 0.3 is 0 Å². The summed E-state index contributed by atoms with van der Waals surface area (Å²) in [5.74, 6) is -0.895. The Hall–Kier alpha value is -2.84. The number of benzene rings is 2. The fourth-order valence-corrected chi connectivity index (χ4v) is 4.54. The molecule has 2 aromatic carbocycles. The maximum absolute atomic E-state index is 12.8. The highest BCUT2D eigenvalue weighted by molar-refractivity contribution is 9.10. The van der Waals surface area contributed by atoms with E-state index in [0.29, 0.717) is 10.6 Å². The monoisotopic (exact) mass is 483 g/mol. The van der Waals surface area contributed by atoms with Gasteiger partial charge < -0.3 is 9.88 Å². The van der Waals surface area contributed by atoms with E-state index in [-0.39, 0.29) is 6.54 Å². The minimum absolute atomic E-state index is 0.313. The SMILES string of the molecule is CCn1cc(/C=C2\SC(=O)N(CC(=O)Nc3ccccc3Br)C2=O)c2ccccc21. The molecule has 0 aliphatic carbocycles. The van der Waals surface area contributed by atoms with Crippen molar-refractivity contribution >= 4 is 67.4 Å². The number of carbonyl (C=O) groups is 3. The van der Waals surface area contributed by atoms with Gasteiger partial charge in [-0.05, 0) is 58.9 Å². The highest BCUT2D eigenvalue weighted by atomic mass is 79.9. The van der Waals surface area contributed by atoms with Crippen LogP contribution in [0.2, 0.25) is 0 Å². The summed E-state index contributed by atoms with van der Waals surface area (Å²) in [5, 5.41) is 3.27. The fourth-order valence-electron chi connectivity index (χ4n) is 3.33. The molecule has 152 valence electrons. The van der Waals surface area contributed by atoms with Crippen LogP contribution in [0.4, 0.5) is 10.5 Å². The van der Waals surface area contributed by atoms with Crippen LogP contribution in [0.15, 0.2) is 64.1 Å². The number of hydrogen-bond acceptors (Lipinski definition) is 4. The molecule has 0 bridgehead atoms. The second-order valence-electron chi connectivity index (χ2n) is 6.68. The van der Waals surface area contributed by atoms with E-state index >= 15 is 0 Å². The summed E-state index contributed by atoms with van der Waals surface area (Å²) in [7, 11) is 0. The van der Waals surface area contributed by atoms with Crippen molar-refractivity contribution in [3.63, 3.8) is 0 Å². The predicted molar refractivity (Wildman–Crippen MR) is 123 cm³/mol. The van der Waals surface area contributed by atoms with Gasteiger partial charge in [0.05, 0.1) is 10.6 Å². The van der Waals surface area contributed by atoms with E-state index in [2.05, 4.69) is 25.8 Å². The second-order valence-corrected chi connectivity index (χ2v) is 8.53. The Kier molecular flexibility index (Phi) is 5.78. The van der Waals surface area contributed by atoms with E-state index in [9.17, 15) is 14.4 Å². The van der Waals surface area contributed by atoms with Gasteiger partial charge in [0.25, 0.3) is 11.1 Å². The van der Waals surface area contributed by atoms with Crippen LogP contribution in [0.1, 0.15) is 12.5 Å². The molecule has 1 aromatic heterocycles. The largest absolute Gasteiger partial charge is 0.347 e. The van der Waals surface area contributed by atoms with Crippen LogP contribution in [0.3, 0.4) is 0 Å². The van der Waals surface area contributed by atoms with Gasteiger partial charge in [-0.15, -0.1) is 0 Å². The zero-order valence-corrected chi connectivity index (χ0v) is 18.5. The predicted octanol–water partition coefficient (Wildman–Crippen LogP) is 5.10. The van der Waals surface area contributed by atoms with Crippen LogP contribution in [-0.4, -0.2) is 33.1 Å². The number of rotatable bonds is 5. The third-order valence-electron chi connectivity index (χ3n) is 4.77. The average molecular weight is 484 g/mol. The van der Waals surface area contributed by atoms with Gasteiger partial charge in [-0.2, -0.15) is 0 Å². The van der Waals surface area contributed by atoms with Gasteiger partial charge in [-0.25, -0.2) is 0 Å².